The number of amides is 1. The Labute approximate surface area is 191 Å². The first-order valence-corrected chi connectivity index (χ1v) is 11.4. The molecule has 2 heterocycles. The molecule has 1 atom stereocenters. The molecule has 162 valence electrons. The van der Waals surface area contributed by atoms with Gasteiger partial charge >= 0.3 is 0 Å². The van der Waals surface area contributed by atoms with Crippen LogP contribution in [0.5, 0.6) is 0 Å². The van der Waals surface area contributed by atoms with Crippen molar-refractivity contribution in [1.82, 2.24) is 14.9 Å². The van der Waals surface area contributed by atoms with Crippen LogP contribution >= 0.6 is 11.3 Å². The van der Waals surface area contributed by atoms with Crippen molar-refractivity contribution in [2.24, 2.45) is 0 Å². The Hall–Kier alpha value is -3.38. The fourth-order valence-corrected chi connectivity index (χ4v) is 4.38. The number of halogens is 1. The zero-order chi connectivity index (χ0) is 22.3. The van der Waals surface area contributed by atoms with Gasteiger partial charge in [0.2, 0.25) is 5.91 Å². The molecule has 6 heteroatoms. The molecule has 0 N–H and O–H groups in total. The molecule has 2 aromatic heterocycles. The number of thiazole rings is 1. The van der Waals surface area contributed by atoms with E-state index in [-0.39, 0.29) is 24.2 Å². The summed E-state index contributed by atoms with van der Waals surface area (Å²) in [4.78, 5) is 24.3. The van der Waals surface area contributed by atoms with Crippen LogP contribution in [0.4, 0.5) is 4.39 Å². The second-order valence-corrected chi connectivity index (χ2v) is 8.59. The lowest BCUT2D eigenvalue weighted by Gasteiger charge is -2.29. The fraction of sp³-hybridized carbons (Fsp3) is 0.192. The number of pyridine rings is 1. The number of hydrogen-bond acceptors (Lipinski definition) is 4. The molecule has 1 unspecified atom stereocenters. The number of carbonyl (C=O) groups excluding carboxylic acids is 1. The molecule has 0 aliphatic rings. The molecule has 4 rings (SSSR count). The molecule has 0 radical (unpaired) electrons. The first-order chi connectivity index (χ1) is 15.6. The molecular weight excluding hydrogens is 421 g/mol. The quantitative estimate of drug-likeness (QED) is 0.355. The van der Waals surface area contributed by atoms with Crippen molar-refractivity contribution in [3.8, 4) is 0 Å². The minimum absolute atomic E-state index is 0.00522. The summed E-state index contributed by atoms with van der Waals surface area (Å²) >= 11 is 1.52. The molecule has 0 aliphatic carbocycles. The van der Waals surface area contributed by atoms with Gasteiger partial charge in [-0.3, -0.25) is 9.78 Å². The molecule has 4 aromatic rings. The van der Waals surface area contributed by atoms with E-state index in [4.69, 9.17) is 0 Å². The summed E-state index contributed by atoms with van der Waals surface area (Å²) in [6.45, 7) is 2.51. The summed E-state index contributed by atoms with van der Waals surface area (Å²) in [5.74, 6) is -0.245. The molecule has 0 fully saturated rings. The van der Waals surface area contributed by atoms with Crippen molar-refractivity contribution in [3.05, 3.63) is 118 Å². The number of benzene rings is 2. The lowest BCUT2D eigenvalue weighted by Crippen LogP contribution is -2.34. The molecule has 0 saturated heterocycles. The van der Waals surface area contributed by atoms with E-state index in [1.54, 1.807) is 18.3 Å². The van der Waals surface area contributed by atoms with Gasteiger partial charge < -0.3 is 4.90 Å². The van der Waals surface area contributed by atoms with Gasteiger partial charge in [0.1, 0.15) is 5.82 Å². The van der Waals surface area contributed by atoms with E-state index in [1.807, 2.05) is 65.7 Å². The van der Waals surface area contributed by atoms with Crippen LogP contribution in [0.15, 0.2) is 84.4 Å². The zero-order valence-electron chi connectivity index (χ0n) is 17.8. The Morgan fingerprint density at radius 1 is 1.00 bits per heavy atom. The van der Waals surface area contributed by atoms with E-state index in [9.17, 15) is 9.18 Å². The fourth-order valence-electron chi connectivity index (χ4n) is 3.55. The third-order valence-electron chi connectivity index (χ3n) is 5.30. The first-order valence-electron chi connectivity index (χ1n) is 10.5. The maximum atomic E-state index is 13.4. The smallest absolute Gasteiger partial charge is 0.229 e. The van der Waals surface area contributed by atoms with Crippen LogP contribution in [-0.4, -0.2) is 20.8 Å². The van der Waals surface area contributed by atoms with Gasteiger partial charge in [-0.25, -0.2) is 9.37 Å². The van der Waals surface area contributed by atoms with Crippen molar-refractivity contribution in [2.75, 3.05) is 0 Å². The third kappa shape index (κ3) is 5.65. The number of nitrogens with zero attached hydrogens (tertiary/aromatic N) is 3. The van der Waals surface area contributed by atoms with Crippen molar-refractivity contribution in [1.29, 1.82) is 0 Å². The Bertz CT molecular complexity index is 1150. The minimum Gasteiger partial charge on any atom is -0.330 e. The van der Waals surface area contributed by atoms with E-state index in [1.165, 1.54) is 23.5 Å². The molecule has 0 bridgehead atoms. The average Bonchev–Trinajstić information content (AvgIpc) is 3.26. The van der Waals surface area contributed by atoms with Crippen LogP contribution in [0.1, 0.15) is 40.5 Å². The van der Waals surface area contributed by atoms with Gasteiger partial charge in [-0.05, 0) is 42.3 Å². The summed E-state index contributed by atoms with van der Waals surface area (Å²) in [6.07, 6.45) is 2.60. The highest BCUT2D eigenvalue weighted by Gasteiger charge is 2.23. The molecule has 0 aliphatic heterocycles. The number of rotatable bonds is 8. The summed E-state index contributed by atoms with van der Waals surface area (Å²) in [5.41, 5.74) is 3.67. The van der Waals surface area contributed by atoms with E-state index in [0.717, 1.165) is 27.5 Å². The first kappa shape index (κ1) is 21.8. The molecule has 1 amide bonds. The van der Waals surface area contributed by atoms with E-state index < -0.39 is 0 Å². The summed E-state index contributed by atoms with van der Waals surface area (Å²) < 4.78 is 13.1. The van der Waals surface area contributed by atoms with Gasteiger partial charge in [0, 0.05) is 24.5 Å². The van der Waals surface area contributed by atoms with Crippen LogP contribution in [0.3, 0.4) is 0 Å². The highest BCUT2D eigenvalue weighted by Crippen LogP contribution is 2.23. The number of aromatic nitrogens is 2. The Balaban J connectivity index is 1.49. The normalized spacial score (nSPS) is 11.8. The Kier molecular flexibility index (Phi) is 7.02. The van der Waals surface area contributed by atoms with Crippen LogP contribution in [0.25, 0.3) is 0 Å². The van der Waals surface area contributed by atoms with Crippen molar-refractivity contribution >= 4 is 17.2 Å². The highest BCUT2D eigenvalue weighted by atomic mass is 32.1. The lowest BCUT2D eigenvalue weighted by molar-refractivity contribution is -0.133. The van der Waals surface area contributed by atoms with E-state index in [2.05, 4.69) is 9.97 Å². The van der Waals surface area contributed by atoms with E-state index in [0.29, 0.717) is 13.0 Å². The monoisotopic (exact) mass is 445 g/mol. The van der Waals surface area contributed by atoms with Gasteiger partial charge in [-0.1, -0.05) is 48.5 Å². The molecule has 0 spiro atoms. The van der Waals surface area contributed by atoms with Crippen LogP contribution < -0.4 is 0 Å². The zero-order valence-corrected chi connectivity index (χ0v) is 18.6. The maximum Gasteiger partial charge on any atom is 0.229 e. The number of hydrogen-bond donors (Lipinski definition) is 0. The number of carbonyl (C=O) groups is 1. The second kappa shape index (κ2) is 10.3. The van der Waals surface area contributed by atoms with Crippen LogP contribution in [0.2, 0.25) is 0 Å². The van der Waals surface area contributed by atoms with Gasteiger partial charge in [0.15, 0.2) is 0 Å². The molecule has 32 heavy (non-hydrogen) atoms. The minimum atomic E-state index is -0.250. The van der Waals surface area contributed by atoms with Gasteiger partial charge in [0.25, 0.3) is 0 Å². The summed E-state index contributed by atoms with van der Waals surface area (Å²) in [6, 6.07) is 22.0. The maximum absolute atomic E-state index is 13.4. The highest BCUT2D eigenvalue weighted by molar-refractivity contribution is 7.09. The Morgan fingerprint density at radius 3 is 2.47 bits per heavy atom. The molecule has 0 saturated carbocycles. The predicted octanol–water partition coefficient (Wildman–Crippen LogP) is 5.60. The second-order valence-electron chi connectivity index (χ2n) is 7.65. The third-order valence-corrected chi connectivity index (χ3v) is 6.20. The van der Waals surface area contributed by atoms with Gasteiger partial charge in [-0.15, -0.1) is 11.3 Å². The predicted molar refractivity (Wildman–Crippen MR) is 125 cm³/mol. The van der Waals surface area contributed by atoms with Gasteiger partial charge in [0.05, 0.1) is 28.9 Å². The SMILES string of the molecule is CC(c1ccccn1)N(Cc1ccccc1)C(=O)Cc1csc(Cc2ccc(F)cc2)n1. The summed E-state index contributed by atoms with van der Waals surface area (Å²) in [5, 5.41) is 2.84. The molecular formula is C26H24FN3OS. The van der Waals surface area contributed by atoms with Crippen LogP contribution in [0, 0.1) is 5.82 Å². The van der Waals surface area contributed by atoms with E-state index >= 15 is 0 Å². The van der Waals surface area contributed by atoms with Crippen molar-refractivity contribution in [3.63, 3.8) is 0 Å². The summed E-state index contributed by atoms with van der Waals surface area (Å²) in [7, 11) is 0. The molecule has 2 aromatic carbocycles. The van der Waals surface area contributed by atoms with Crippen molar-refractivity contribution in [2.45, 2.75) is 32.4 Å². The van der Waals surface area contributed by atoms with Crippen LogP contribution in [-0.2, 0) is 24.2 Å². The average molecular weight is 446 g/mol. The van der Waals surface area contributed by atoms with Gasteiger partial charge in [-0.2, -0.15) is 0 Å². The topological polar surface area (TPSA) is 46.1 Å². The Morgan fingerprint density at radius 2 is 1.75 bits per heavy atom. The molecule has 4 nitrogen and oxygen atoms in total. The lowest BCUT2D eigenvalue weighted by atomic mass is 10.1. The largest absolute Gasteiger partial charge is 0.330 e. The standard InChI is InChI=1S/C26H24FN3OS/c1-19(24-9-5-6-14-28-24)30(17-21-7-3-2-4-8-21)26(31)16-23-18-32-25(29-23)15-20-10-12-22(27)13-11-20/h2-14,18-19H,15-17H2,1H3. The van der Waals surface area contributed by atoms with Crippen molar-refractivity contribution < 1.29 is 9.18 Å².